The van der Waals surface area contributed by atoms with Crippen molar-refractivity contribution in [3.8, 4) is 0 Å². The molecule has 0 saturated carbocycles. The topological polar surface area (TPSA) is 43.6 Å². The number of hydrogen-bond donors (Lipinski definition) is 0. The van der Waals surface area contributed by atoms with Crippen LogP contribution in [-0.4, -0.2) is 24.2 Å². The monoisotopic (exact) mass is 420 g/mol. The molecule has 0 saturated heterocycles. The number of methoxy groups -OCH3 is 1. The van der Waals surface area contributed by atoms with Crippen molar-refractivity contribution in [3.63, 3.8) is 0 Å². The van der Waals surface area contributed by atoms with E-state index < -0.39 is 5.91 Å². The standard InChI is InChI=1S/C15H11Cl3N2O2S2/c1-22-5-4-20-10-3-2-8(16)6-11(10)23-15(20)19-14(21)9-7-12(17)24-13(9)18/h2-3,6-7H,4-5H2,1H3. The van der Waals surface area contributed by atoms with Gasteiger partial charge in [0.15, 0.2) is 4.80 Å². The number of carbonyl (C=O) groups excluding carboxylic acids is 1. The van der Waals surface area contributed by atoms with Gasteiger partial charge in [0.05, 0.1) is 26.7 Å². The van der Waals surface area contributed by atoms with Gasteiger partial charge in [0.25, 0.3) is 5.91 Å². The quantitative estimate of drug-likeness (QED) is 0.587. The molecule has 0 aliphatic heterocycles. The second-order valence-corrected chi connectivity index (χ2v) is 8.53. The predicted molar refractivity (Wildman–Crippen MR) is 101 cm³/mol. The largest absolute Gasteiger partial charge is 0.383 e. The maximum absolute atomic E-state index is 12.5. The Morgan fingerprint density at radius 2 is 2.04 bits per heavy atom. The third-order valence-corrected chi connectivity index (χ3v) is 6.01. The van der Waals surface area contributed by atoms with E-state index in [9.17, 15) is 4.79 Å². The summed E-state index contributed by atoms with van der Waals surface area (Å²) in [4.78, 5) is 17.2. The van der Waals surface area contributed by atoms with Crippen LogP contribution in [0, 0.1) is 0 Å². The van der Waals surface area contributed by atoms with E-state index in [-0.39, 0.29) is 0 Å². The van der Waals surface area contributed by atoms with Crippen molar-refractivity contribution < 1.29 is 9.53 Å². The average molecular weight is 422 g/mol. The number of halogens is 3. The second-order valence-electron chi connectivity index (χ2n) is 4.80. The molecule has 0 radical (unpaired) electrons. The molecule has 0 aliphatic rings. The molecule has 2 aromatic heterocycles. The number of ether oxygens (including phenoxy) is 1. The molecule has 0 unspecified atom stereocenters. The minimum Gasteiger partial charge on any atom is -0.383 e. The van der Waals surface area contributed by atoms with Crippen LogP contribution in [-0.2, 0) is 11.3 Å². The zero-order valence-corrected chi connectivity index (χ0v) is 16.3. The number of thiophene rings is 1. The van der Waals surface area contributed by atoms with Crippen LogP contribution in [0.25, 0.3) is 10.2 Å². The summed E-state index contributed by atoms with van der Waals surface area (Å²) >= 11 is 20.5. The van der Waals surface area contributed by atoms with Gasteiger partial charge < -0.3 is 9.30 Å². The van der Waals surface area contributed by atoms with Crippen molar-refractivity contribution in [1.82, 2.24) is 4.57 Å². The molecule has 3 aromatic rings. The van der Waals surface area contributed by atoms with E-state index in [1.165, 1.54) is 17.4 Å². The first-order chi connectivity index (χ1) is 11.5. The van der Waals surface area contributed by atoms with E-state index in [4.69, 9.17) is 39.5 Å². The zero-order valence-electron chi connectivity index (χ0n) is 12.4. The van der Waals surface area contributed by atoms with E-state index in [1.807, 2.05) is 16.7 Å². The Bertz CT molecular complexity index is 975. The summed E-state index contributed by atoms with van der Waals surface area (Å²) in [5, 5.41) is 0.633. The summed E-state index contributed by atoms with van der Waals surface area (Å²) in [6.07, 6.45) is 0. The molecule has 3 rings (SSSR count). The number of hydrogen-bond acceptors (Lipinski definition) is 4. The summed E-state index contributed by atoms with van der Waals surface area (Å²) in [6, 6.07) is 7.09. The Hall–Kier alpha value is -0.890. The molecule has 0 bridgehead atoms. The van der Waals surface area contributed by atoms with Crippen LogP contribution in [0.1, 0.15) is 10.4 Å². The van der Waals surface area contributed by atoms with Crippen molar-refractivity contribution >= 4 is 73.6 Å². The number of amides is 1. The molecule has 0 spiro atoms. The van der Waals surface area contributed by atoms with Crippen molar-refractivity contribution in [1.29, 1.82) is 0 Å². The summed E-state index contributed by atoms with van der Waals surface area (Å²) in [6.45, 7) is 1.07. The number of benzene rings is 1. The predicted octanol–water partition coefficient (Wildman–Crippen LogP) is 5.11. The molecule has 0 atom stereocenters. The van der Waals surface area contributed by atoms with E-state index in [2.05, 4.69) is 4.99 Å². The number of carbonyl (C=O) groups is 1. The lowest BCUT2D eigenvalue weighted by molar-refractivity contribution is 0.0998. The lowest BCUT2D eigenvalue weighted by Crippen LogP contribution is -2.19. The molecule has 1 amide bonds. The van der Waals surface area contributed by atoms with E-state index in [0.29, 0.717) is 37.2 Å². The number of nitrogens with zero attached hydrogens (tertiary/aromatic N) is 2. The molecular formula is C15H11Cl3N2O2S2. The molecule has 0 N–H and O–H groups in total. The van der Waals surface area contributed by atoms with Crippen LogP contribution >= 0.6 is 57.5 Å². The van der Waals surface area contributed by atoms with Crippen LogP contribution in [0.2, 0.25) is 13.7 Å². The Labute approximate surface area is 160 Å². The Balaban J connectivity index is 2.13. The minimum atomic E-state index is -0.424. The molecule has 0 aliphatic carbocycles. The molecule has 4 nitrogen and oxygen atoms in total. The Morgan fingerprint density at radius 3 is 2.71 bits per heavy atom. The van der Waals surface area contributed by atoms with Gasteiger partial charge in [0, 0.05) is 18.7 Å². The Kier molecular flexibility index (Phi) is 5.64. The van der Waals surface area contributed by atoms with Gasteiger partial charge in [-0.2, -0.15) is 4.99 Å². The molecule has 2 heterocycles. The first-order valence-electron chi connectivity index (χ1n) is 6.81. The second kappa shape index (κ2) is 7.56. The fourth-order valence-electron chi connectivity index (χ4n) is 2.16. The van der Waals surface area contributed by atoms with Crippen molar-refractivity contribution in [3.05, 3.63) is 48.3 Å². The van der Waals surface area contributed by atoms with Crippen molar-refractivity contribution in [2.75, 3.05) is 13.7 Å². The van der Waals surface area contributed by atoms with Crippen LogP contribution in [0.15, 0.2) is 29.3 Å². The first kappa shape index (κ1) is 17.9. The summed E-state index contributed by atoms with van der Waals surface area (Å²) < 4.78 is 8.81. The number of rotatable bonds is 4. The van der Waals surface area contributed by atoms with Gasteiger partial charge in [0.1, 0.15) is 4.34 Å². The highest BCUT2D eigenvalue weighted by Crippen LogP contribution is 2.31. The third kappa shape index (κ3) is 3.69. The maximum Gasteiger partial charge on any atom is 0.282 e. The van der Waals surface area contributed by atoms with Gasteiger partial charge in [0.2, 0.25) is 0 Å². The highest BCUT2D eigenvalue weighted by molar-refractivity contribution is 7.20. The molecular weight excluding hydrogens is 411 g/mol. The number of aromatic nitrogens is 1. The minimum absolute atomic E-state index is 0.306. The summed E-state index contributed by atoms with van der Waals surface area (Å²) in [7, 11) is 1.63. The van der Waals surface area contributed by atoms with Gasteiger partial charge in [-0.3, -0.25) is 4.79 Å². The normalized spacial score (nSPS) is 12.2. The molecule has 126 valence electrons. The number of fused-ring (bicyclic) bond motifs is 1. The summed E-state index contributed by atoms with van der Waals surface area (Å²) in [5.41, 5.74) is 1.25. The van der Waals surface area contributed by atoms with Crippen LogP contribution in [0.4, 0.5) is 0 Å². The highest BCUT2D eigenvalue weighted by Gasteiger charge is 2.15. The van der Waals surface area contributed by atoms with Gasteiger partial charge in [-0.05, 0) is 24.3 Å². The molecule has 1 aromatic carbocycles. The van der Waals surface area contributed by atoms with Crippen molar-refractivity contribution in [2.24, 2.45) is 4.99 Å². The third-order valence-electron chi connectivity index (χ3n) is 3.25. The fraction of sp³-hybridized carbons (Fsp3) is 0.200. The maximum atomic E-state index is 12.5. The number of thiazole rings is 1. The Morgan fingerprint density at radius 1 is 1.25 bits per heavy atom. The van der Waals surface area contributed by atoms with Crippen molar-refractivity contribution in [2.45, 2.75) is 6.54 Å². The van der Waals surface area contributed by atoms with Crippen LogP contribution < -0.4 is 4.80 Å². The lowest BCUT2D eigenvalue weighted by Gasteiger charge is -2.04. The van der Waals surface area contributed by atoms with Gasteiger partial charge >= 0.3 is 0 Å². The molecule has 9 heteroatoms. The fourth-order valence-corrected chi connectivity index (χ4v) is 4.94. The summed E-state index contributed by atoms with van der Waals surface area (Å²) in [5.74, 6) is -0.424. The first-order valence-corrected chi connectivity index (χ1v) is 9.58. The van der Waals surface area contributed by atoms with Gasteiger partial charge in [-0.15, -0.1) is 11.3 Å². The zero-order chi connectivity index (χ0) is 17.3. The molecule has 0 fully saturated rings. The highest BCUT2D eigenvalue weighted by atomic mass is 35.5. The smallest absolute Gasteiger partial charge is 0.282 e. The van der Waals surface area contributed by atoms with E-state index in [0.717, 1.165) is 21.6 Å². The average Bonchev–Trinajstić information content (AvgIpc) is 3.04. The van der Waals surface area contributed by atoms with E-state index >= 15 is 0 Å². The van der Waals surface area contributed by atoms with Gasteiger partial charge in [-0.1, -0.05) is 46.1 Å². The lowest BCUT2D eigenvalue weighted by atomic mass is 10.3. The SMILES string of the molecule is COCCn1c(=NC(=O)c2cc(Cl)sc2Cl)sc2cc(Cl)ccc21. The van der Waals surface area contributed by atoms with E-state index in [1.54, 1.807) is 13.2 Å². The van der Waals surface area contributed by atoms with Gasteiger partial charge in [-0.25, -0.2) is 0 Å². The van der Waals surface area contributed by atoms with Crippen LogP contribution in [0.3, 0.4) is 0 Å². The van der Waals surface area contributed by atoms with Crippen LogP contribution in [0.5, 0.6) is 0 Å². The molecule has 24 heavy (non-hydrogen) atoms.